The highest BCUT2D eigenvalue weighted by atomic mass is 16.5. The fourth-order valence-corrected chi connectivity index (χ4v) is 1.91. The molecular formula is C17H16N2O4. The molecule has 23 heavy (non-hydrogen) atoms. The molecule has 6 nitrogen and oxygen atoms in total. The van der Waals surface area contributed by atoms with Crippen LogP contribution in [-0.2, 0) is 11.2 Å². The van der Waals surface area contributed by atoms with Crippen molar-refractivity contribution in [1.82, 2.24) is 0 Å². The Hall–Kier alpha value is -3.15. The number of hydrogen-bond donors (Lipinski definition) is 2. The highest BCUT2D eigenvalue weighted by Gasteiger charge is 2.01. The zero-order valence-electron chi connectivity index (χ0n) is 12.5. The van der Waals surface area contributed by atoms with Crippen molar-refractivity contribution in [2.75, 3.05) is 7.11 Å². The molecule has 0 unspecified atom stereocenters. The first-order chi connectivity index (χ1) is 11.1. The van der Waals surface area contributed by atoms with Gasteiger partial charge in [0, 0.05) is 12.0 Å². The van der Waals surface area contributed by atoms with Gasteiger partial charge >= 0.3 is 0 Å². The number of benzene rings is 2. The number of methoxy groups -OCH3 is 1. The summed E-state index contributed by atoms with van der Waals surface area (Å²) >= 11 is 0. The van der Waals surface area contributed by atoms with Gasteiger partial charge in [-0.25, -0.2) is 0 Å². The van der Waals surface area contributed by atoms with Crippen molar-refractivity contribution < 1.29 is 19.7 Å². The maximum Gasteiger partial charge on any atom is 0.161 e. The highest BCUT2D eigenvalue weighted by molar-refractivity contribution is 5.83. The molecule has 2 N–H and O–H groups in total. The SMILES string of the molecule is COc1cc(/C=N/N=C/c2ccc(O)c(CC=O)c2)ccc1O. The molecule has 0 aliphatic carbocycles. The molecule has 0 bridgehead atoms. The summed E-state index contributed by atoms with van der Waals surface area (Å²) in [6.45, 7) is 0. The molecule has 0 heterocycles. The number of phenols is 2. The van der Waals surface area contributed by atoms with E-state index in [4.69, 9.17) is 4.74 Å². The van der Waals surface area contributed by atoms with Crippen molar-refractivity contribution in [3.8, 4) is 17.2 Å². The van der Waals surface area contributed by atoms with Crippen LogP contribution in [0.5, 0.6) is 17.2 Å². The van der Waals surface area contributed by atoms with Crippen LogP contribution in [0.25, 0.3) is 0 Å². The van der Waals surface area contributed by atoms with Gasteiger partial charge < -0.3 is 19.7 Å². The molecule has 118 valence electrons. The first-order valence-electron chi connectivity index (χ1n) is 6.83. The monoisotopic (exact) mass is 312 g/mol. The average molecular weight is 312 g/mol. The van der Waals surface area contributed by atoms with E-state index in [9.17, 15) is 15.0 Å². The van der Waals surface area contributed by atoms with Crippen LogP contribution in [0, 0.1) is 0 Å². The fraction of sp³-hybridized carbons (Fsp3) is 0.118. The molecule has 2 aromatic carbocycles. The zero-order valence-corrected chi connectivity index (χ0v) is 12.5. The van der Waals surface area contributed by atoms with Crippen molar-refractivity contribution in [3.05, 3.63) is 53.1 Å². The molecule has 0 amide bonds. The van der Waals surface area contributed by atoms with Gasteiger partial charge in [-0.3, -0.25) is 0 Å². The van der Waals surface area contributed by atoms with Crippen molar-refractivity contribution >= 4 is 18.7 Å². The van der Waals surface area contributed by atoms with E-state index < -0.39 is 0 Å². The van der Waals surface area contributed by atoms with Crippen LogP contribution in [0.3, 0.4) is 0 Å². The molecule has 0 saturated carbocycles. The van der Waals surface area contributed by atoms with Gasteiger partial charge in [-0.1, -0.05) is 0 Å². The lowest BCUT2D eigenvalue weighted by molar-refractivity contribution is -0.107. The Balaban J connectivity index is 2.09. The van der Waals surface area contributed by atoms with E-state index in [1.807, 2.05) is 0 Å². The van der Waals surface area contributed by atoms with Crippen molar-refractivity contribution in [2.24, 2.45) is 10.2 Å². The first-order valence-corrected chi connectivity index (χ1v) is 6.83. The number of rotatable bonds is 6. The second-order valence-electron chi connectivity index (χ2n) is 4.68. The third kappa shape index (κ3) is 4.41. The highest BCUT2D eigenvalue weighted by Crippen LogP contribution is 2.25. The van der Waals surface area contributed by atoms with Crippen LogP contribution < -0.4 is 4.74 Å². The first kappa shape index (κ1) is 16.2. The molecule has 0 fully saturated rings. The zero-order chi connectivity index (χ0) is 16.7. The van der Waals surface area contributed by atoms with Gasteiger partial charge in [0.15, 0.2) is 11.5 Å². The molecule has 0 aromatic heterocycles. The average Bonchev–Trinajstić information content (AvgIpc) is 2.56. The van der Waals surface area contributed by atoms with E-state index in [2.05, 4.69) is 10.2 Å². The van der Waals surface area contributed by atoms with E-state index in [1.165, 1.54) is 31.7 Å². The van der Waals surface area contributed by atoms with E-state index in [0.717, 1.165) is 17.4 Å². The van der Waals surface area contributed by atoms with Crippen LogP contribution in [0.2, 0.25) is 0 Å². The Morgan fingerprint density at radius 1 is 1.00 bits per heavy atom. The Kier molecular flexibility index (Phi) is 5.46. The van der Waals surface area contributed by atoms with Gasteiger partial charge in [0.1, 0.15) is 12.0 Å². The number of nitrogens with zero attached hydrogens (tertiary/aromatic N) is 2. The minimum Gasteiger partial charge on any atom is -0.508 e. The quantitative estimate of drug-likeness (QED) is 0.486. The summed E-state index contributed by atoms with van der Waals surface area (Å²) in [4.78, 5) is 10.5. The number of aromatic hydroxyl groups is 2. The van der Waals surface area contributed by atoms with Crippen LogP contribution in [0.15, 0.2) is 46.6 Å². The molecule has 0 spiro atoms. The lowest BCUT2D eigenvalue weighted by Crippen LogP contribution is -1.90. The van der Waals surface area contributed by atoms with E-state index in [0.29, 0.717) is 11.3 Å². The third-order valence-corrected chi connectivity index (χ3v) is 3.09. The summed E-state index contributed by atoms with van der Waals surface area (Å²) in [6, 6.07) is 9.68. The Labute approximate surface area is 133 Å². The summed E-state index contributed by atoms with van der Waals surface area (Å²) in [6.07, 6.45) is 3.91. The molecule has 6 heteroatoms. The second kappa shape index (κ2) is 7.74. The van der Waals surface area contributed by atoms with Crippen molar-refractivity contribution in [2.45, 2.75) is 6.42 Å². The predicted octanol–water partition coefficient (Wildman–Crippen LogP) is 2.30. The summed E-state index contributed by atoms with van der Waals surface area (Å²) in [5.41, 5.74) is 1.99. The number of hydrogen-bond acceptors (Lipinski definition) is 6. The van der Waals surface area contributed by atoms with E-state index in [-0.39, 0.29) is 17.9 Å². The largest absolute Gasteiger partial charge is 0.508 e. The second-order valence-corrected chi connectivity index (χ2v) is 4.68. The van der Waals surface area contributed by atoms with Gasteiger partial charge in [0.2, 0.25) is 0 Å². The lowest BCUT2D eigenvalue weighted by Gasteiger charge is -2.02. The van der Waals surface area contributed by atoms with Crippen LogP contribution >= 0.6 is 0 Å². The molecule has 2 rings (SSSR count). The summed E-state index contributed by atoms with van der Waals surface area (Å²) in [7, 11) is 1.47. The summed E-state index contributed by atoms with van der Waals surface area (Å²) < 4.78 is 5.01. The Morgan fingerprint density at radius 2 is 1.61 bits per heavy atom. The Bertz CT molecular complexity index is 754. The van der Waals surface area contributed by atoms with E-state index in [1.54, 1.807) is 24.3 Å². The summed E-state index contributed by atoms with van der Waals surface area (Å²) in [5.74, 6) is 0.490. The number of carbonyl (C=O) groups is 1. The molecule has 2 aromatic rings. The third-order valence-electron chi connectivity index (χ3n) is 3.09. The van der Waals surface area contributed by atoms with Crippen molar-refractivity contribution in [1.29, 1.82) is 0 Å². The number of carbonyl (C=O) groups excluding carboxylic acids is 1. The minimum absolute atomic E-state index is 0.0555. The van der Waals surface area contributed by atoms with Gasteiger partial charge in [-0.2, -0.15) is 10.2 Å². The molecule has 0 aliphatic rings. The smallest absolute Gasteiger partial charge is 0.161 e. The van der Waals surface area contributed by atoms with Gasteiger partial charge in [-0.15, -0.1) is 0 Å². The molecule has 0 saturated heterocycles. The van der Waals surface area contributed by atoms with Gasteiger partial charge in [0.25, 0.3) is 0 Å². The maximum absolute atomic E-state index is 10.5. The van der Waals surface area contributed by atoms with Crippen LogP contribution in [0.4, 0.5) is 0 Å². The van der Waals surface area contributed by atoms with E-state index >= 15 is 0 Å². The molecule has 0 aliphatic heterocycles. The summed E-state index contributed by atoms with van der Waals surface area (Å²) in [5, 5.41) is 26.9. The number of aldehydes is 1. The lowest BCUT2D eigenvalue weighted by atomic mass is 10.1. The predicted molar refractivity (Wildman–Crippen MR) is 87.7 cm³/mol. The van der Waals surface area contributed by atoms with Gasteiger partial charge in [-0.05, 0) is 47.5 Å². The molecular weight excluding hydrogens is 296 g/mol. The van der Waals surface area contributed by atoms with Crippen LogP contribution in [0.1, 0.15) is 16.7 Å². The van der Waals surface area contributed by atoms with Crippen LogP contribution in [-0.4, -0.2) is 36.0 Å². The molecule has 0 atom stereocenters. The topological polar surface area (TPSA) is 91.5 Å². The number of ether oxygens (including phenoxy) is 1. The normalized spacial score (nSPS) is 11.2. The number of phenolic OH excluding ortho intramolecular Hbond substituents is 2. The van der Waals surface area contributed by atoms with Crippen molar-refractivity contribution in [3.63, 3.8) is 0 Å². The maximum atomic E-state index is 10.5. The van der Waals surface area contributed by atoms with Gasteiger partial charge in [0.05, 0.1) is 19.5 Å². The standard InChI is InChI=1S/C17H16N2O4/c1-23-17-9-13(3-5-16(17)22)11-19-18-10-12-2-4-15(21)14(8-12)6-7-20/h2-5,7-11,21-22H,6H2,1H3/b18-10+,19-11+. The minimum atomic E-state index is 0.0555. The fourth-order valence-electron chi connectivity index (χ4n) is 1.91. The Morgan fingerprint density at radius 3 is 2.22 bits per heavy atom. The molecule has 0 radical (unpaired) electrons.